The minimum absolute atomic E-state index is 0.0849. The summed E-state index contributed by atoms with van der Waals surface area (Å²) in [5, 5.41) is 16.2. The fourth-order valence-electron chi connectivity index (χ4n) is 2.16. The van der Waals surface area contributed by atoms with Gasteiger partial charge in [0.1, 0.15) is 6.54 Å². The van der Waals surface area contributed by atoms with E-state index in [1.807, 2.05) is 0 Å². The average molecular weight is 356 g/mol. The van der Waals surface area contributed by atoms with Gasteiger partial charge in [0.15, 0.2) is 5.69 Å². The minimum atomic E-state index is -4.51. The van der Waals surface area contributed by atoms with E-state index in [-0.39, 0.29) is 17.9 Å². The molecule has 7 nitrogen and oxygen atoms in total. The Kier molecular flexibility index (Phi) is 5.40. The van der Waals surface area contributed by atoms with Gasteiger partial charge in [-0.25, -0.2) is 4.68 Å². The number of hydrogen-bond donors (Lipinski definition) is 1. The predicted molar refractivity (Wildman–Crippen MR) is 80.2 cm³/mol. The van der Waals surface area contributed by atoms with Gasteiger partial charge in [-0.2, -0.15) is 13.2 Å². The van der Waals surface area contributed by atoms with Crippen LogP contribution in [0.25, 0.3) is 5.69 Å². The predicted octanol–water partition coefficient (Wildman–Crippen LogP) is 2.22. The summed E-state index contributed by atoms with van der Waals surface area (Å²) in [5.74, 6) is -1.82. The molecule has 0 aliphatic carbocycles. The van der Waals surface area contributed by atoms with Gasteiger partial charge in [-0.05, 0) is 24.6 Å². The number of hydrogen-bond acceptors (Lipinski definition) is 4. The van der Waals surface area contributed by atoms with Crippen LogP contribution < -0.4 is 0 Å². The van der Waals surface area contributed by atoms with Crippen LogP contribution in [-0.4, -0.2) is 50.0 Å². The van der Waals surface area contributed by atoms with E-state index in [9.17, 15) is 22.8 Å². The first-order chi connectivity index (χ1) is 11.7. The van der Waals surface area contributed by atoms with Gasteiger partial charge < -0.3 is 10.0 Å². The number of carboxylic acids is 1. The van der Waals surface area contributed by atoms with Gasteiger partial charge in [-0.15, -0.1) is 5.10 Å². The topological polar surface area (TPSA) is 88.3 Å². The molecule has 0 aliphatic rings. The van der Waals surface area contributed by atoms with E-state index in [1.54, 1.807) is 6.92 Å². The normalized spacial score (nSPS) is 11.4. The quantitative estimate of drug-likeness (QED) is 0.857. The number of benzene rings is 1. The third kappa shape index (κ3) is 4.55. The summed E-state index contributed by atoms with van der Waals surface area (Å²) in [6.07, 6.45) is -2.79. The number of alkyl halides is 3. The summed E-state index contributed by atoms with van der Waals surface area (Å²) in [4.78, 5) is 24.2. The fourth-order valence-corrected chi connectivity index (χ4v) is 2.16. The first-order valence-electron chi connectivity index (χ1n) is 7.33. The van der Waals surface area contributed by atoms with Crippen LogP contribution in [0.15, 0.2) is 30.5 Å². The Balaban J connectivity index is 2.27. The number of aliphatic carboxylic acids is 1. The zero-order valence-electron chi connectivity index (χ0n) is 13.2. The highest BCUT2D eigenvalue weighted by molar-refractivity contribution is 5.93. The Morgan fingerprint density at radius 2 is 2.04 bits per heavy atom. The second-order valence-corrected chi connectivity index (χ2v) is 5.22. The molecule has 1 N–H and O–H groups in total. The van der Waals surface area contributed by atoms with E-state index in [0.29, 0.717) is 6.42 Å². The van der Waals surface area contributed by atoms with Crippen LogP contribution >= 0.6 is 0 Å². The largest absolute Gasteiger partial charge is 0.480 e. The van der Waals surface area contributed by atoms with Crippen molar-refractivity contribution in [3.8, 4) is 5.69 Å². The lowest BCUT2D eigenvalue weighted by Crippen LogP contribution is -2.36. The molecule has 134 valence electrons. The van der Waals surface area contributed by atoms with E-state index in [4.69, 9.17) is 5.11 Å². The number of aromatic nitrogens is 3. The van der Waals surface area contributed by atoms with Crippen molar-refractivity contribution in [1.82, 2.24) is 19.9 Å². The molecule has 0 saturated heterocycles. The van der Waals surface area contributed by atoms with Gasteiger partial charge in [0, 0.05) is 6.54 Å². The second kappa shape index (κ2) is 7.32. The van der Waals surface area contributed by atoms with Crippen molar-refractivity contribution >= 4 is 11.9 Å². The van der Waals surface area contributed by atoms with E-state index in [0.717, 1.165) is 21.7 Å². The molecule has 0 saturated carbocycles. The summed E-state index contributed by atoms with van der Waals surface area (Å²) in [5.41, 5.74) is -0.916. The fraction of sp³-hybridized carbons (Fsp3) is 0.333. The van der Waals surface area contributed by atoms with Gasteiger partial charge in [0.05, 0.1) is 17.4 Å². The van der Waals surface area contributed by atoms with Gasteiger partial charge in [0.2, 0.25) is 0 Å². The van der Waals surface area contributed by atoms with Crippen molar-refractivity contribution in [2.75, 3.05) is 13.1 Å². The van der Waals surface area contributed by atoms with Gasteiger partial charge in [-0.1, -0.05) is 18.2 Å². The first kappa shape index (κ1) is 18.4. The van der Waals surface area contributed by atoms with Crippen molar-refractivity contribution in [2.24, 2.45) is 0 Å². The van der Waals surface area contributed by atoms with Crippen LogP contribution in [0.4, 0.5) is 13.2 Å². The van der Waals surface area contributed by atoms with E-state index < -0.39 is 30.2 Å². The van der Waals surface area contributed by atoms with Gasteiger partial charge in [-0.3, -0.25) is 9.59 Å². The maximum atomic E-state index is 12.8. The molecule has 0 bridgehead atoms. The minimum Gasteiger partial charge on any atom is -0.480 e. The molecular weight excluding hydrogens is 341 g/mol. The summed E-state index contributed by atoms with van der Waals surface area (Å²) < 4.78 is 39.3. The molecule has 2 aromatic rings. The number of rotatable bonds is 6. The molecule has 1 amide bonds. The SMILES string of the molecule is CCCN(CC(=O)O)C(=O)c1cn(-c2cccc(C(F)(F)F)c2)nn1. The smallest absolute Gasteiger partial charge is 0.416 e. The molecule has 0 unspecified atom stereocenters. The van der Waals surface area contributed by atoms with Gasteiger partial charge in [0.25, 0.3) is 5.91 Å². The molecule has 2 rings (SSSR count). The molecule has 1 aromatic carbocycles. The van der Waals surface area contributed by atoms with E-state index >= 15 is 0 Å². The maximum absolute atomic E-state index is 12.8. The summed E-state index contributed by atoms with van der Waals surface area (Å²) in [6, 6.07) is 4.40. The van der Waals surface area contributed by atoms with Crippen LogP contribution in [-0.2, 0) is 11.0 Å². The highest BCUT2D eigenvalue weighted by atomic mass is 19.4. The van der Waals surface area contributed by atoms with Crippen LogP contribution in [0.3, 0.4) is 0 Å². The summed E-state index contributed by atoms with van der Waals surface area (Å²) >= 11 is 0. The summed E-state index contributed by atoms with van der Waals surface area (Å²) in [6.45, 7) is 1.49. The average Bonchev–Trinajstić information content (AvgIpc) is 3.02. The van der Waals surface area contributed by atoms with Gasteiger partial charge >= 0.3 is 12.1 Å². The lowest BCUT2D eigenvalue weighted by Gasteiger charge is -2.18. The highest BCUT2D eigenvalue weighted by Crippen LogP contribution is 2.30. The number of carbonyl (C=O) groups is 2. The molecule has 1 heterocycles. The second-order valence-electron chi connectivity index (χ2n) is 5.22. The molecule has 10 heteroatoms. The Bertz CT molecular complexity index is 773. The van der Waals surface area contributed by atoms with Crippen LogP contribution in [0.1, 0.15) is 29.4 Å². The molecular formula is C15H15F3N4O3. The zero-order chi connectivity index (χ0) is 18.6. The van der Waals surface area contributed by atoms with Crippen molar-refractivity contribution < 1.29 is 27.9 Å². The van der Waals surface area contributed by atoms with Crippen molar-refractivity contribution in [3.05, 3.63) is 41.7 Å². The lowest BCUT2D eigenvalue weighted by atomic mass is 10.2. The Morgan fingerprint density at radius 3 is 2.64 bits per heavy atom. The number of nitrogens with zero attached hydrogens (tertiary/aromatic N) is 4. The van der Waals surface area contributed by atoms with E-state index in [2.05, 4.69) is 10.3 Å². The third-order valence-electron chi connectivity index (χ3n) is 3.26. The molecule has 1 aromatic heterocycles. The highest BCUT2D eigenvalue weighted by Gasteiger charge is 2.30. The van der Waals surface area contributed by atoms with Crippen LogP contribution in [0, 0.1) is 0 Å². The standard InChI is InChI=1S/C15H15F3N4O3/c1-2-6-21(9-13(23)24)14(25)12-8-22(20-19-12)11-5-3-4-10(7-11)15(16,17)18/h3-5,7-8H,2,6,9H2,1H3,(H,23,24). The molecule has 0 radical (unpaired) electrons. The monoisotopic (exact) mass is 356 g/mol. The molecule has 0 fully saturated rings. The van der Waals surface area contributed by atoms with Crippen molar-refractivity contribution in [1.29, 1.82) is 0 Å². The van der Waals surface area contributed by atoms with Crippen molar-refractivity contribution in [3.63, 3.8) is 0 Å². The zero-order valence-corrected chi connectivity index (χ0v) is 13.2. The lowest BCUT2D eigenvalue weighted by molar-refractivity contribution is -0.138. The molecule has 25 heavy (non-hydrogen) atoms. The number of carboxylic acid groups (broad SMARTS) is 1. The molecule has 0 spiro atoms. The number of halogens is 3. The third-order valence-corrected chi connectivity index (χ3v) is 3.26. The Hall–Kier alpha value is -2.91. The Labute approximate surface area is 140 Å². The van der Waals surface area contributed by atoms with Crippen molar-refractivity contribution in [2.45, 2.75) is 19.5 Å². The van der Waals surface area contributed by atoms with Crippen LogP contribution in [0.5, 0.6) is 0 Å². The maximum Gasteiger partial charge on any atom is 0.416 e. The van der Waals surface area contributed by atoms with E-state index in [1.165, 1.54) is 18.3 Å². The van der Waals surface area contributed by atoms with Crippen LogP contribution in [0.2, 0.25) is 0 Å². The first-order valence-corrected chi connectivity index (χ1v) is 7.33. The molecule has 0 aliphatic heterocycles. The number of carbonyl (C=O) groups excluding carboxylic acids is 1. The summed E-state index contributed by atoms with van der Waals surface area (Å²) in [7, 11) is 0. The number of amides is 1. The molecule has 0 atom stereocenters. The Morgan fingerprint density at radius 1 is 1.32 bits per heavy atom.